The highest BCUT2D eigenvalue weighted by Gasteiger charge is 2.08. The first-order valence-electron chi connectivity index (χ1n) is 5.54. The van der Waals surface area contributed by atoms with Gasteiger partial charge in [0.15, 0.2) is 4.34 Å². The molecule has 3 N–H and O–H groups in total. The van der Waals surface area contributed by atoms with Crippen molar-refractivity contribution in [2.24, 2.45) is 5.73 Å². The maximum atomic E-state index is 7.47. The Kier molecular flexibility index (Phi) is 4.39. The normalized spacial score (nSPS) is 10.4. The van der Waals surface area contributed by atoms with E-state index in [0.29, 0.717) is 11.3 Å². The number of aryl methyl sites for hydroxylation is 1. The van der Waals surface area contributed by atoms with Crippen molar-refractivity contribution in [2.45, 2.75) is 17.0 Å². The van der Waals surface area contributed by atoms with Crippen molar-refractivity contribution in [3.63, 3.8) is 0 Å². The van der Waals surface area contributed by atoms with Crippen molar-refractivity contribution in [1.82, 2.24) is 9.36 Å². The number of nitrogen functional groups attached to an aromatic ring is 1. The zero-order valence-electron chi connectivity index (χ0n) is 10.6. The fraction of sp³-hybridized carbons (Fsp3) is 0.250. The fourth-order valence-electron chi connectivity index (χ4n) is 1.53. The van der Waals surface area contributed by atoms with E-state index in [1.807, 2.05) is 25.1 Å². The molecule has 2 aromatic rings. The molecule has 0 atom stereocenters. The molecule has 19 heavy (non-hydrogen) atoms. The van der Waals surface area contributed by atoms with Gasteiger partial charge in [0.2, 0.25) is 0 Å². The Morgan fingerprint density at radius 1 is 1.53 bits per heavy atom. The molecule has 0 spiro atoms. The number of ether oxygens (including phenoxy) is 1. The Bertz CT molecular complexity index is 597. The van der Waals surface area contributed by atoms with Crippen LogP contribution in [0.1, 0.15) is 17.0 Å². The van der Waals surface area contributed by atoms with E-state index in [9.17, 15) is 0 Å². The van der Waals surface area contributed by atoms with E-state index in [0.717, 1.165) is 21.5 Å². The molecule has 0 saturated carbocycles. The van der Waals surface area contributed by atoms with Crippen LogP contribution in [0.25, 0.3) is 0 Å². The summed E-state index contributed by atoms with van der Waals surface area (Å²) < 4.78 is 10.3. The molecule has 1 heterocycles. The lowest BCUT2D eigenvalue weighted by molar-refractivity contribution is 0.413. The molecule has 0 fully saturated rings. The molecule has 5 nitrogen and oxygen atoms in total. The van der Waals surface area contributed by atoms with E-state index in [-0.39, 0.29) is 5.84 Å². The van der Waals surface area contributed by atoms with Crippen LogP contribution < -0.4 is 10.5 Å². The predicted octanol–water partition coefficient (Wildman–Crippen LogP) is 2.43. The summed E-state index contributed by atoms with van der Waals surface area (Å²) in [6.45, 7) is 1.88. The smallest absolute Gasteiger partial charge is 0.170 e. The van der Waals surface area contributed by atoms with E-state index in [2.05, 4.69) is 9.36 Å². The first kappa shape index (κ1) is 13.8. The molecule has 0 bridgehead atoms. The number of rotatable bonds is 5. The minimum atomic E-state index is 0.0100. The van der Waals surface area contributed by atoms with Crippen molar-refractivity contribution in [3.8, 4) is 5.75 Å². The molecular formula is C12H14N4OS2. The Labute approximate surface area is 119 Å². The van der Waals surface area contributed by atoms with E-state index in [1.54, 1.807) is 18.9 Å². The Morgan fingerprint density at radius 3 is 2.89 bits per heavy atom. The minimum Gasteiger partial charge on any atom is -0.496 e. The van der Waals surface area contributed by atoms with Gasteiger partial charge in [-0.2, -0.15) is 4.37 Å². The average Bonchev–Trinajstić information content (AvgIpc) is 2.81. The molecule has 0 saturated heterocycles. The predicted molar refractivity (Wildman–Crippen MR) is 78.2 cm³/mol. The SMILES string of the molecule is COc1cc(CSc2nc(C)ns2)ccc1C(=N)N. The number of aromatic nitrogens is 2. The highest BCUT2D eigenvalue weighted by Crippen LogP contribution is 2.27. The van der Waals surface area contributed by atoms with Crippen LogP contribution in [0.4, 0.5) is 0 Å². The second-order valence-corrected chi connectivity index (χ2v) is 5.82. The van der Waals surface area contributed by atoms with Crippen LogP contribution in [0.5, 0.6) is 5.75 Å². The maximum absolute atomic E-state index is 7.47. The fourth-order valence-corrected chi connectivity index (χ4v) is 3.12. The summed E-state index contributed by atoms with van der Waals surface area (Å²) in [5, 5.41) is 7.47. The van der Waals surface area contributed by atoms with Crippen molar-refractivity contribution in [1.29, 1.82) is 5.41 Å². The average molecular weight is 294 g/mol. The summed E-state index contributed by atoms with van der Waals surface area (Å²) >= 11 is 3.04. The number of nitrogens with one attached hydrogen (secondary N) is 1. The quantitative estimate of drug-likeness (QED) is 0.502. The second-order valence-electron chi connectivity index (χ2n) is 3.84. The number of thioether (sulfide) groups is 1. The summed E-state index contributed by atoms with van der Waals surface area (Å²) in [6, 6.07) is 5.65. The molecule has 100 valence electrons. The van der Waals surface area contributed by atoms with Gasteiger partial charge in [0, 0.05) is 5.75 Å². The first-order chi connectivity index (χ1) is 9.10. The molecule has 0 unspecified atom stereocenters. The number of benzene rings is 1. The number of nitrogens with zero attached hydrogens (tertiary/aromatic N) is 2. The van der Waals surface area contributed by atoms with Crippen LogP contribution in [-0.2, 0) is 5.75 Å². The third-order valence-electron chi connectivity index (χ3n) is 2.43. The van der Waals surface area contributed by atoms with Crippen LogP contribution in [0.15, 0.2) is 22.5 Å². The molecule has 7 heteroatoms. The summed E-state index contributed by atoms with van der Waals surface area (Å²) in [6.07, 6.45) is 0. The largest absolute Gasteiger partial charge is 0.496 e. The Morgan fingerprint density at radius 2 is 2.32 bits per heavy atom. The van der Waals surface area contributed by atoms with E-state index in [4.69, 9.17) is 15.9 Å². The summed E-state index contributed by atoms with van der Waals surface area (Å²) in [4.78, 5) is 4.30. The molecule has 0 amide bonds. The van der Waals surface area contributed by atoms with Gasteiger partial charge in [0.05, 0.1) is 12.7 Å². The summed E-state index contributed by atoms with van der Waals surface area (Å²) in [5.41, 5.74) is 7.20. The highest BCUT2D eigenvalue weighted by molar-refractivity contribution is 8.00. The molecule has 1 aromatic heterocycles. The van der Waals surface area contributed by atoms with Crippen molar-refractivity contribution < 1.29 is 4.74 Å². The van der Waals surface area contributed by atoms with Gasteiger partial charge >= 0.3 is 0 Å². The van der Waals surface area contributed by atoms with Crippen LogP contribution in [0, 0.1) is 12.3 Å². The number of hydrogen-bond acceptors (Lipinski definition) is 6. The Hall–Kier alpha value is -1.60. The standard InChI is InChI=1S/C12H14N4OS2/c1-7-15-12(19-16-7)18-6-8-3-4-9(11(13)14)10(5-8)17-2/h3-5H,6H2,1-2H3,(H3,13,14). The molecule has 0 radical (unpaired) electrons. The topological polar surface area (TPSA) is 84.9 Å². The van der Waals surface area contributed by atoms with Gasteiger partial charge in [-0.3, -0.25) is 5.41 Å². The van der Waals surface area contributed by atoms with Crippen molar-refractivity contribution in [2.75, 3.05) is 7.11 Å². The number of nitrogens with two attached hydrogens (primary N) is 1. The van der Waals surface area contributed by atoms with Gasteiger partial charge in [0.1, 0.15) is 17.4 Å². The molecule has 0 aliphatic heterocycles. The van der Waals surface area contributed by atoms with Gasteiger partial charge in [-0.15, -0.1) is 0 Å². The minimum absolute atomic E-state index is 0.0100. The highest BCUT2D eigenvalue weighted by atomic mass is 32.2. The van der Waals surface area contributed by atoms with Gasteiger partial charge in [-0.05, 0) is 36.2 Å². The number of methoxy groups -OCH3 is 1. The van der Waals surface area contributed by atoms with Crippen LogP contribution in [0.3, 0.4) is 0 Å². The molecule has 0 aliphatic carbocycles. The van der Waals surface area contributed by atoms with Gasteiger partial charge in [-0.25, -0.2) is 4.98 Å². The molecule has 0 aliphatic rings. The van der Waals surface area contributed by atoms with Crippen LogP contribution >= 0.6 is 23.3 Å². The number of hydrogen-bond donors (Lipinski definition) is 2. The van der Waals surface area contributed by atoms with Crippen molar-refractivity contribution in [3.05, 3.63) is 35.2 Å². The van der Waals surface area contributed by atoms with E-state index >= 15 is 0 Å². The lowest BCUT2D eigenvalue weighted by Crippen LogP contribution is -2.12. The summed E-state index contributed by atoms with van der Waals surface area (Å²) in [7, 11) is 1.58. The van der Waals surface area contributed by atoms with E-state index < -0.39 is 0 Å². The summed E-state index contributed by atoms with van der Waals surface area (Å²) in [5.74, 6) is 2.22. The van der Waals surface area contributed by atoms with Crippen molar-refractivity contribution >= 4 is 29.1 Å². The first-order valence-corrected chi connectivity index (χ1v) is 7.30. The molecular weight excluding hydrogens is 280 g/mol. The zero-order valence-corrected chi connectivity index (χ0v) is 12.3. The van der Waals surface area contributed by atoms with Gasteiger partial charge in [0.25, 0.3) is 0 Å². The number of amidine groups is 1. The third kappa shape index (κ3) is 3.45. The van der Waals surface area contributed by atoms with Crippen LogP contribution in [0.2, 0.25) is 0 Å². The zero-order chi connectivity index (χ0) is 13.8. The van der Waals surface area contributed by atoms with Gasteiger partial charge in [-0.1, -0.05) is 17.8 Å². The molecule has 1 aromatic carbocycles. The maximum Gasteiger partial charge on any atom is 0.170 e. The monoisotopic (exact) mass is 294 g/mol. The van der Waals surface area contributed by atoms with Gasteiger partial charge < -0.3 is 10.5 Å². The second kappa shape index (κ2) is 6.03. The lowest BCUT2D eigenvalue weighted by atomic mass is 10.1. The van der Waals surface area contributed by atoms with E-state index in [1.165, 1.54) is 11.5 Å². The van der Waals surface area contributed by atoms with Crippen LogP contribution in [-0.4, -0.2) is 22.3 Å². The molecule has 2 rings (SSSR count). The Balaban J connectivity index is 2.11. The third-order valence-corrected chi connectivity index (χ3v) is 4.42. The lowest BCUT2D eigenvalue weighted by Gasteiger charge is -2.08.